The smallest absolute Gasteiger partial charge is 0.146 e. The number of nitrogens with zero attached hydrogens (tertiary/aromatic N) is 4. The van der Waals surface area contributed by atoms with E-state index in [0.717, 1.165) is 44.8 Å². The minimum atomic E-state index is 0.976. The molecule has 0 radical (unpaired) electrons. The van der Waals surface area contributed by atoms with Crippen molar-refractivity contribution in [1.29, 1.82) is 0 Å². The van der Waals surface area contributed by atoms with Crippen molar-refractivity contribution in [3.8, 4) is 11.1 Å². The lowest BCUT2D eigenvalue weighted by molar-refractivity contribution is 1.26. The summed E-state index contributed by atoms with van der Waals surface area (Å²) in [6.07, 6.45) is 8.50. The summed E-state index contributed by atoms with van der Waals surface area (Å²) in [5, 5.41) is 3.29. The third-order valence-electron chi connectivity index (χ3n) is 5.97. The highest BCUT2D eigenvalue weighted by molar-refractivity contribution is 6.14. The Morgan fingerprint density at radius 1 is 0.714 bits per heavy atom. The number of fused-ring (bicyclic) bond motifs is 12. The summed E-state index contributed by atoms with van der Waals surface area (Å²) >= 11 is 0. The van der Waals surface area contributed by atoms with E-state index < -0.39 is 0 Å². The fraction of sp³-hybridized carbons (Fsp3) is 0.0417. The molecule has 4 heterocycles. The van der Waals surface area contributed by atoms with E-state index in [2.05, 4.69) is 62.9 Å². The number of pyridine rings is 3. The highest BCUT2D eigenvalue weighted by atomic mass is 15.0. The Bertz CT molecular complexity index is 1590. The van der Waals surface area contributed by atoms with Gasteiger partial charge in [-0.25, -0.2) is 4.98 Å². The molecule has 0 spiro atoms. The second kappa shape index (κ2) is 4.93. The quantitative estimate of drug-likeness (QED) is 0.352. The summed E-state index contributed by atoms with van der Waals surface area (Å²) in [5.74, 6) is 0. The molecule has 4 aromatic heterocycles. The van der Waals surface area contributed by atoms with Crippen molar-refractivity contribution in [3.05, 3.63) is 84.4 Å². The minimum Gasteiger partial charge on any atom is -0.292 e. The molecule has 1 aliphatic rings. The van der Waals surface area contributed by atoms with Crippen LogP contribution in [-0.4, -0.2) is 19.4 Å². The van der Waals surface area contributed by atoms with Crippen molar-refractivity contribution < 1.29 is 0 Å². The minimum absolute atomic E-state index is 0.976. The third-order valence-corrected chi connectivity index (χ3v) is 5.97. The van der Waals surface area contributed by atoms with Gasteiger partial charge in [0, 0.05) is 46.5 Å². The molecule has 4 nitrogen and oxygen atoms in total. The predicted octanol–water partition coefficient (Wildman–Crippen LogP) is 5.16. The SMILES string of the molecule is c1ccc2c(c1)Cc1ccc3c(nc4c5ccncc5c5cnccc5n34)c1-2. The maximum atomic E-state index is 5.18. The highest BCUT2D eigenvalue weighted by Gasteiger charge is 2.24. The molecule has 0 atom stereocenters. The van der Waals surface area contributed by atoms with Crippen molar-refractivity contribution in [1.82, 2.24) is 19.4 Å². The molecule has 130 valence electrons. The van der Waals surface area contributed by atoms with Gasteiger partial charge in [0.25, 0.3) is 0 Å². The first-order valence-electron chi connectivity index (χ1n) is 9.42. The Balaban J connectivity index is 1.77. The van der Waals surface area contributed by atoms with Gasteiger partial charge < -0.3 is 0 Å². The topological polar surface area (TPSA) is 43.1 Å². The van der Waals surface area contributed by atoms with E-state index in [-0.39, 0.29) is 0 Å². The van der Waals surface area contributed by atoms with Gasteiger partial charge in [-0.05, 0) is 41.3 Å². The van der Waals surface area contributed by atoms with Gasteiger partial charge in [-0.3, -0.25) is 14.4 Å². The molecular formula is C24H14N4. The molecule has 2 aromatic carbocycles. The van der Waals surface area contributed by atoms with Crippen molar-refractivity contribution in [3.63, 3.8) is 0 Å². The first-order chi connectivity index (χ1) is 13.9. The van der Waals surface area contributed by atoms with Crippen LogP contribution in [0, 0.1) is 0 Å². The number of benzene rings is 2. The monoisotopic (exact) mass is 358 g/mol. The standard InChI is InChI=1S/C24H14N4/c1-2-4-16-14(3-1)11-15-5-6-21-23(22(15)16)27-24-17-7-9-25-12-18(17)19-13-26-10-8-20(19)28(21)24/h1-10,12-13H,11H2. The lowest BCUT2D eigenvalue weighted by Crippen LogP contribution is -1.92. The average Bonchev–Trinajstić information content (AvgIpc) is 3.32. The van der Waals surface area contributed by atoms with Gasteiger partial charge in [0.1, 0.15) is 5.65 Å². The second-order valence-corrected chi connectivity index (χ2v) is 7.39. The van der Waals surface area contributed by atoms with Crippen LogP contribution in [0.15, 0.2) is 73.3 Å². The van der Waals surface area contributed by atoms with Gasteiger partial charge in [-0.2, -0.15) is 0 Å². The largest absolute Gasteiger partial charge is 0.292 e. The molecule has 6 aromatic rings. The zero-order valence-electron chi connectivity index (χ0n) is 14.9. The van der Waals surface area contributed by atoms with Gasteiger partial charge in [0.05, 0.1) is 16.6 Å². The average molecular weight is 358 g/mol. The molecule has 0 bridgehead atoms. The molecule has 0 fully saturated rings. The molecule has 0 N–H and O–H groups in total. The van der Waals surface area contributed by atoms with Crippen LogP contribution in [0.1, 0.15) is 11.1 Å². The van der Waals surface area contributed by atoms with Crippen molar-refractivity contribution in [2.45, 2.75) is 6.42 Å². The number of hydrogen-bond acceptors (Lipinski definition) is 3. The molecule has 1 aliphatic carbocycles. The van der Waals surface area contributed by atoms with E-state index in [0.29, 0.717) is 0 Å². The van der Waals surface area contributed by atoms with E-state index in [9.17, 15) is 0 Å². The molecule has 0 saturated heterocycles. The van der Waals surface area contributed by atoms with Crippen molar-refractivity contribution in [2.75, 3.05) is 0 Å². The van der Waals surface area contributed by atoms with Gasteiger partial charge in [0.15, 0.2) is 0 Å². The van der Waals surface area contributed by atoms with Gasteiger partial charge in [0.2, 0.25) is 0 Å². The summed E-state index contributed by atoms with van der Waals surface area (Å²) in [6, 6.07) is 17.3. The summed E-state index contributed by atoms with van der Waals surface area (Å²) < 4.78 is 2.27. The van der Waals surface area contributed by atoms with Crippen molar-refractivity contribution in [2.24, 2.45) is 0 Å². The van der Waals surface area contributed by atoms with E-state index in [1.807, 2.05) is 24.8 Å². The highest BCUT2D eigenvalue weighted by Crippen LogP contribution is 2.42. The second-order valence-electron chi connectivity index (χ2n) is 7.39. The lowest BCUT2D eigenvalue weighted by atomic mass is 10.0. The number of rotatable bonds is 0. The van der Waals surface area contributed by atoms with Crippen LogP contribution in [0.5, 0.6) is 0 Å². The Morgan fingerprint density at radius 3 is 2.54 bits per heavy atom. The van der Waals surface area contributed by atoms with Crippen LogP contribution in [0.4, 0.5) is 0 Å². The van der Waals surface area contributed by atoms with Gasteiger partial charge >= 0.3 is 0 Å². The van der Waals surface area contributed by atoms with Crippen LogP contribution in [0.2, 0.25) is 0 Å². The van der Waals surface area contributed by atoms with Crippen LogP contribution < -0.4 is 0 Å². The first kappa shape index (κ1) is 14.3. The van der Waals surface area contributed by atoms with Gasteiger partial charge in [-0.15, -0.1) is 0 Å². The molecule has 28 heavy (non-hydrogen) atoms. The number of imidazole rings is 1. The van der Waals surface area contributed by atoms with E-state index in [1.165, 1.54) is 22.3 Å². The van der Waals surface area contributed by atoms with Crippen LogP contribution in [0.3, 0.4) is 0 Å². The molecule has 0 amide bonds. The van der Waals surface area contributed by atoms with E-state index >= 15 is 0 Å². The fourth-order valence-corrected chi connectivity index (χ4v) is 4.78. The Hall–Kier alpha value is -3.79. The first-order valence-corrected chi connectivity index (χ1v) is 9.42. The normalized spacial score (nSPS) is 12.9. The Kier molecular flexibility index (Phi) is 2.51. The Labute approximate surface area is 160 Å². The van der Waals surface area contributed by atoms with E-state index in [4.69, 9.17) is 4.98 Å². The summed E-state index contributed by atoms with van der Waals surface area (Å²) in [5.41, 5.74) is 9.62. The van der Waals surface area contributed by atoms with Crippen LogP contribution >= 0.6 is 0 Å². The maximum absolute atomic E-state index is 5.18. The van der Waals surface area contributed by atoms with Crippen molar-refractivity contribution >= 4 is 38.4 Å². The zero-order chi connectivity index (χ0) is 18.2. The molecule has 0 saturated carbocycles. The zero-order valence-corrected chi connectivity index (χ0v) is 14.9. The molecule has 0 aliphatic heterocycles. The number of aromatic nitrogens is 4. The lowest BCUT2D eigenvalue weighted by Gasteiger charge is -2.08. The van der Waals surface area contributed by atoms with Crippen LogP contribution in [-0.2, 0) is 6.42 Å². The molecule has 0 unspecified atom stereocenters. The fourth-order valence-electron chi connectivity index (χ4n) is 4.78. The predicted molar refractivity (Wildman–Crippen MR) is 112 cm³/mol. The summed E-state index contributed by atoms with van der Waals surface area (Å²) in [6.45, 7) is 0. The molecular weight excluding hydrogens is 344 g/mol. The molecule has 7 rings (SSSR count). The van der Waals surface area contributed by atoms with Crippen LogP contribution in [0.25, 0.3) is 49.5 Å². The van der Waals surface area contributed by atoms with Gasteiger partial charge in [-0.1, -0.05) is 30.3 Å². The number of hydrogen-bond donors (Lipinski definition) is 0. The van der Waals surface area contributed by atoms with E-state index in [1.54, 1.807) is 0 Å². The Morgan fingerprint density at radius 2 is 1.57 bits per heavy atom. The summed E-state index contributed by atoms with van der Waals surface area (Å²) in [7, 11) is 0. The molecule has 4 heteroatoms. The summed E-state index contributed by atoms with van der Waals surface area (Å²) in [4.78, 5) is 13.9. The maximum Gasteiger partial charge on any atom is 0.146 e. The third kappa shape index (κ3) is 1.63.